The Hall–Kier alpha value is -2.91. The van der Waals surface area contributed by atoms with E-state index in [1.807, 2.05) is 0 Å². The lowest BCUT2D eigenvalue weighted by Crippen LogP contribution is -2.27. The second-order valence-corrected chi connectivity index (χ2v) is 9.80. The van der Waals surface area contributed by atoms with Crippen LogP contribution in [0.2, 0.25) is 5.02 Å². The minimum Gasteiger partial charge on any atom is -0.351 e. The Morgan fingerprint density at radius 1 is 1.21 bits per heavy atom. The Labute approximate surface area is 206 Å². The number of benzene rings is 2. The Kier molecular flexibility index (Phi) is 7.53. The number of amides is 3. The molecule has 2 aromatic carbocycles. The fourth-order valence-electron chi connectivity index (χ4n) is 3.84. The van der Waals surface area contributed by atoms with Crippen LogP contribution in [0.4, 0.5) is 10.1 Å². The second-order valence-electron chi connectivity index (χ2n) is 8.22. The van der Waals surface area contributed by atoms with Gasteiger partial charge in [-0.05, 0) is 49.2 Å². The third-order valence-electron chi connectivity index (χ3n) is 5.70. The first-order valence-corrected chi connectivity index (χ1v) is 12.2. The smallest absolute Gasteiger partial charge is 0.262 e. The van der Waals surface area contributed by atoms with Crippen LogP contribution in [0.3, 0.4) is 0 Å². The fraction of sp³-hybridized carbons (Fsp3) is 0.333. The quantitative estimate of drug-likeness (QED) is 0.641. The van der Waals surface area contributed by atoms with Crippen molar-refractivity contribution in [2.75, 3.05) is 25.5 Å². The molecule has 34 heavy (non-hydrogen) atoms. The van der Waals surface area contributed by atoms with Gasteiger partial charge in [0.05, 0.1) is 0 Å². The Morgan fingerprint density at radius 3 is 2.59 bits per heavy atom. The van der Waals surface area contributed by atoms with Gasteiger partial charge in [-0.15, -0.1) is 0 Å². The van der Waals surface area contributed by atoms with Crippen molar-refractivity contribution in [3.05, 3.63) is 64.4 Å². The SMILES string of the molecule is CN(Cc1c(F)cccc1Cl)C(=O)c1ccc(NC(=O)C[C@H]2SC(N3CCCC3)=NC2=O)cc1. The summed E-state index contributed by atoms with van der Waals surface area (Å²) < 4.78 is 14.0. The number of carbonyl (C=O) groups is 3. The van der Waals surface area contributed by atoms with Crippen LogP contribution in [0, 0.1) is 5.82 Å². The van der Waals surface area contributed by atoms with Gasteiger partial charge in [-0.3, -0.25) is 14.4 Å². The summed E-state index contributed by atoms with van der Waals surface area (Å²) >= 11 is 7.40. The molecule has 7 nitrogen and oxygen atoms in total. The van der Waals surface area contributed by atoms with Gasteiger partial charge >= 0.3 is 0 Å². The number of rotatable bonds is 6. The lowest BCUT2D eigenvalue weighted by Gasteiger charge is -2.19. The van der Waals surface area contributed by atoms with Gasteiger partial charge in [-0.2, -0.15) is 4.99 Å². The van der Waals surface area contributed by atoms with Crippen molar-refractivity contribution < 1.29 is 18.8 Å². The summed E-state index contributed by atoms with van der Waals surface area (Å²) in [5, 5.41) is 3.22. The highest BCUT2D eigenvalue weighted by atomic mass is 35.5. The van der Waals surface area contributed by atoms with E-state index in [2.05, 4.69) is 15.2 Å². The number of hydrogen-bond donors (Lipinski definition) is 1. The third-order valence-corrected chi connectivity index (χ3v) is 7.26. The first-order chi connectivity index (χ1) is 16.3. The highest BCUT2D eigenvalue weighted by Gasteiger charge is 2.33. The number of nitrogens with zero attached hydrogens (tertiary/aromatic N) is 3. The lowest BCUT2D eigenvalue weighted by molar-refractivity contribution is -0.121. The first kappa shape index (κ1) is 24.2. The number of nitrogens with one attached hydrogen (secondary N) is 1. The van der Waals surface area contributed by atoms with Crippen LogP contribution >= 0.6 is 23.4 Å². The Morgan fingerprint density at radius 2 is 1.91 bits per heavy atom. The topological polar surface area (TPSA) is 82.1 Å². The molecule has 0 aromatic heterocycles. The van der Waals surface area contributed by atoms with Gasteiger partial charge in [0, 0.05) is 54.9 Å². The fourth-order valence-corrected chi connectivity index (χ4v) is 5.18. The molecule has 4 rings (SSSR count). The Bertz CT molecular complexity index is 1120. The van der Waals surface area contributed by atoms with Crippen LogP contribution in [-0.2, 0) is 16.1 Å². The summed E-state index contributed by atoms with van der Waals surface area (Å²) in [7, 11) is 1.57. The van der Waals surface area contributed by atoms with E-state index in [-0.39, 0.29) is 41.3 Å². The second kappa shape index (κ2) is 10.6. The van der Waals surface area contributed by atoms with E-state index < -0.39 is 11.1 Å². The predicted molar refractivity (Wildman–Crippen MR) is 132 cm³/mol. The highest BCUT2D eigenvalue weighted by molar-refractivity contribution is 8.15. The van der Waals surface area contributed by atoms with E-state index in [4.69, 9.17) is 11.6 Å². The first-order valence-electron chi connectivity index (χ1n) is 10.9. The highest BCUT2D eigenvalue weighted by Crippen LogP contribution is 2.29. The molecule has 1 fully saturated rings. The molecule has 2 aromatic rings. The molecule has 0 saturated carbocycles. The van der Waals surface area contributed by atoms with E-state index in [9.17, 15) is 18.8 Å². The van der Waals surface area contributed by atoms with E-state index in [1.54, 1.807) is 37.4 Å². The molecule has 178 valence electrons. The summed E-state index contributed by atoms with van der Waals surface area (Å²) in [6, 6.07) is 10.8. The van der Waals surface area contributed by atoms with Crippen molar-refractivity contribution in [3.63, 3.8) is 0 Å². The molecule has 0 aliphatic carbocycles. The van der Waals surface area contributed by atoms with Crippen molar-refractivity contribution in [2.24, 2.45) is 4.99 Å². The monoisotopic (exact) mass is 502 g/mol. The van der Waals surface area contributed by atoms with Crippen LogP contribution in [0.15, 0.2) is 47.5 Å². The number of carbonyl (C=O) groups excluding carboxylic acids is 3. The van der Waals surface area contributed by atoms with Gasteiger partial charge in [0.2, 0.25) is 5.91 Å². The maximum atomic E-state index is 14.0. The molecule has 2 aliphatic rings. The average Bonchev–Trinajstić information content (AvgIpc) is 3.46. The number of anilines is 1. The van der Waals surface area contributed by atoms with E-state index in [0.29, 0.717) is 16.4 Å². The molecule has 0 spiro atoms. The number of aliphatic imine (C=N–C) groups is 1. The van der Waals surface area contributed by atoms with E-state index >= 15 is 0 Å². The molecular weight excluding hydrogens is 479 g/mol. The van der Waals surface area contributed by atoms with Crippen LogP contribution in [0.1, 0.15) is 35.2 Å². The largest absolute Gasteiger partial charge is 0.351 e. The Balaban J connectivity index is 1.30. The zero-order valence-electron chi connectivity index (χ0n) is 18.6. The van der Waals surface area contributed by atoms with Crippen molar-refractivity contribution in [3.8, 4) is 0 Å². The summed E-state index contributed by atoms with van der Waals surface area (Å²) in [4.78, 5) is 45.0. The van der Waals surface area contributed by atoms with Crippen LogP contribution < -0.4 is 5.32 Å². The predicted octanol–water partition coefficient (Wildman–Crippen LogP) is 4.17. The van der Waals surface area contributed by atoms with Crippen LogP contribution in [-0.4, -0.2) is 58.1 Å². The van der Waals surface area contributed by atoms with Crippen molar-refractivity contribution in [1.29, 1.82) is 0 Å². The molecule has 0 bridgehead atoms. The zero-order chi connectivity index (χ0) is 24.2. The molecule has 3 amide bonds. The summed E-state index contributed by atoms with van der Waals surface area (Å²) in [5.74, 6) is -1.35. The van der Waals surface area contributed by atoms with E-state index in [0.717, 1.165) is 25.9 Å². The molecule has 1 N–H and O–H groups in total. The van der Waals surface area contributed by atoms with Gasteiger partial charge in [0.15, 0.2) is 5.17 Å². The molecule has 2 aliphatic heterocycles. The third kappa shape index (κ3) is 5.59. The molecule has 2 heterocycles. The molecular formula is C24H24ClFN4O3S. The average molecular weight is 503 g/mol. The summed E-state index contributed by atoms with van der Waals surface area (Å²) in [5.41, 5.74) is 1.15. The maximum Gasteiger partial charge on any atom is 0.262 e. The van der Waals surface area contributed by atoms with Gasteiger partial charge in [0.25, 0.3) is 11.8 Å². The van der Waals surface area contributed by atoms with Crippen molar-refractivity contribution in [2.45, 2.75) is 31.1 Å². The molecule has 10 heteroatoms. The van der Waals surface area contributed by atoms with Crippen molar-refractivity contribution in [1.82, 2.24) is 9.80 Å². The number of halogens is 2. The number of thioether (sulfide) groups is 1. The van der Waals surface area contributed by atoms with Gasteiger partial charge in [-0.25, -0.2) is 4.39 Å². The van der Waals surface area contributed by atoms with Crippen molar-refractivity contribution >= 4 is 51.9 Å². The number of likely N-dealkylation sites (tertiary alicyclic amines) is 1. The number of hydrogen-bond acceptors (Lipinski definition) is 5. The summed E-state index contributed by atoms with van der Waals surface area (Å²) in [6.07, 6.45) is 2.20. The van der Waals surface area contributed by atoms with E-state index in [1.165, 1.54) is 28.8 Å². The lowest BCUT2D eigenvalue weighted by atomic mass is 10.1. The normalized spacial score (nSPS) is 17.6. The van der Waals surface area contributed by atoms with Crippen LogP contribution in [0.25, 0.3) is 0 Å². The maximum absolute atomic E-state index is 14.0. The van der Waals surface area contributed by atoms with Crippen LogP contribution in [0.5, 0.6) is 0 Å². The van der Waals surface area contributed by atoms with Gasteiger partial charge < -0.3 is 15.1 Å². The minimum absolute atomic E-state index is 0.0250. The minimum atomic E-state index is -0.518. The zero-order valence-corrected chi connectivity index (χ0v) is 20.2. The molecule has 0 radical (unpaired) electrons. The summed E-state index contributed by atoms with van der Waals surface area (Å²) in [6.45, 7) is 1.81. The van der Waals surface area contributed by atoms with Gasteiger partial charge in [0.1, 0.15) is 11.1 Å². The molecule has 0 unspecified atom stereocenters. The molecule has 1 atom stereocenters. The number of amidine groups is 1. The molecule has 1 saturated heterocycles. The standard InChI is InChI=1S/C24H24ClFN4O3S/c1-29(14-17-18(25)5-4-6-19(17)26)23(33)15-7-9-16(10-8-15)27-21(31)13-20-22(32)28-24(34-20)30-11-2-3-12-30/h4-10,20H,2-3,11-14H2,1H3,(H,27,31)/t20-/m1/s1. The van der Waals surface area contributed by atoms with Gasteiger partial charge in [-0.1, -0.05) is 29.4 Å².